The number of pyridine rings is 1. The average Bonchev–Trinajstić information content (AvgIpc) is 3.06. The lowest BCUT2D eigenvalue weighted by Gasteiger charge is -2.07. The Morgan fingerprint density at radius 2 is 2.00 bits per heavy atom. The number of nitrogens with one attached hydrogen (secondary N) is 1. The molecule has 1 aromatic carbocycles. The van der Waals surface area contributed by atoms with Crippen LogP contribution in [0.15, 0.2) is 61.1 Å². The monoisotopic (exact) mass is 331 g/mol. The van der Waals surface area contributed by atoms with Gasteiger partial charge in [0.15, 0.2) is 5.65 Å². The normalized spacial score (nSPS) is 10.8. The highest BCUT2D eigenvalue weighted by atomic mass is 16.5. The van der Waals surface area contributed by atoms with Crippen LogP contribution < -0.4 is 10.1 Å². The summed E-state index contributed by atoms with van der Waals surface area (Å²) >= 11 is 0. The Morgan fingerprint density at radius 3 is 2.76 bits per heavy atom. The third-order valence-electron chi connectivity index (χ3n) is 3.92. The summed E-state index contributed by atoms with van der Waals surface area (Å²) in [7, 11) is 1.59. The van der Waals surface area contributed by atoms with E-state index in [1.54, 1.807) is 23.9 Å². The lowest BCUT2D eigenvalue weighted by atomic mass is 10.1. The molecular weight excluding hydrogens is 314 g/mol. The molecule has 0 aliphatic rings. The van der Waals surface area contributed by atoms with Gasteiger partial charge >= 0.3 is 0 Å². The predicted molar refractivity (Wildman–Crippen MR) is 97.2 cm³/mol. The second-order valence-electron chi connectivity index (χ2n) is 5.72. The SMILES string of the molecule is COc1ccc(Nc2ccn3ncc(-c4cccc(C)c4)c3n2)cn1. The summed E-state index contributed by atoms with van der Waals surface area (Å²) in [4.78, 5) is 8.90. The van der Waals surface area contributed by atoms with Crippen molar-refractivity contribution < 1.29 is 4.74 Å². The van der Waals surface area contributed by atoms with Crippen molar-refractivity contribution in [2.24, 2.45) is 0 Å². The molecule has 3 heterocycles. The second kappa shape index (κ2) is 6.24. The van der Waals surface area contributed by atoms with Gasteiger partial charge in [0, 0.05) is 17.8 Å². The number of nitrogens with zero attached hydrogens (tertiary/aromatic N) is 4. The van der Waals surface area contributed by atoms with E-state index < -0.39 is 0 Å². The van der Waals surface area contributed by atoms with Crippen LogP contribution in [0, 0.1) is 6.92 Å². The van der Waals surface area contributed by atoms with Crippen LogP contribution >= 0.6 is 0 Å². The van der Waals surface area contributed by atoms with Crippen molar-refractivity contribution in [3.05, 3.63) is 66.6 Å². The van der Waals surface area contributed by atoms with Crippen LogP contribution in [0.5, 0.6) is 5.88 Å². The van der Waals surface area contributed by atoms with E-state index in [1.165, 1.54) is 5.56 Å². The van der Waals surface area contributed by atoms with Crippen molar-refractivity contribution in [2.75, 3.05) is 12.4 Å². The first-order valence-corrected chi connectivity index (χ1v) is 7.91. The van der Waals surface area contributed by atoms with Gasteiger partial charge in [0.25, 0.3) is 0 Å². The van der Waals surface area contributed by atoms with Gasteiger partial charge in [0.2, 0.25) is 5.88 Å². The minimum atomic E-state index is 0.575. The average molecular weight is 331 g/mol. The lowest BCUT2D eigenvalue weighted by Crippen LogP contribution is -1.98. The van der Waals surface area contributed by atoms with Crippen LogP contribution in [0.1, 0.15) is 5.56 Å². The Hall–Kier alpha value is -3.41. The van der Waals surface area contributed by atoms with Gasteiger partial charge in [-0.05, 0) is 24.6 Å². The van der Waals surface area contributed by atoms with E-state index in [9.17, 15) is 0 Å². The number of aromatic nitrogens is 4. The number of ether oxygens (including phenoxy) is 1. The third kappa shape index (κ3) is 3.01. The molecule has 0 atom stereocenters. The highest BCUT2D eigenvalue weighted by Gasteiger charge is 2.09. The van der Waals surface area contributed by atoms with Gasteiger partial charge in [-0.15, -0.1) is 0 Å². The zero-order chi connectivity index (χ0) is 17.2. The molecule has 1 N–H and O–H groups in total. The number of hydrogen-bond acceptors (Lipinski definition) is 5. The fourth-order valence-corrected chi connectivity index (χ4v) is 2.68. The summed E-state index contributed by atoms with van der Waals surface area (Å²) in [6, 6.07) is 13.9. The maximum atomic E-state index is 5.07. The number of aryl methyl sites for hydroxylation is 1. The standard InChI is InChI=1S/C19H17N5O/c1-13-4-3-5-14(10-13)16-12-21-24-9-8-17(23-19(16)24)22-15-6-7-18(25-2)20-11-15/h3-12H,1-2H3,(H,22,23). The fourth-order valence-electron chi connectivity index (χ4n) is 2.68. The molecule has 0 radical (unpaired) electrons. The summed E-state index contributed by atoms with van der Waals surface area (Å²) in [5, 5.41) is 7.65. The lowest BCUT2D eigenvalue weighted by molar-refractivity contribution is 0.398. The first kappa shape index (κ1) is 15.1. The molecule has 124 valence electrons. The number of anilines is 2. The topological polar surface area (TPSA) is 64.3 Å². The van der Waals surface area contributed by atoms with E-state index >= 15 is 0 Å². The van der Waals surface area contributed by atoms with Crippen LogP contribution in [-0.4, -0.2) is 26.7 Å². The Morgan fingerprint density at radius 1 is 1.08 bits per heavy atom. The molecular formula is C19H17N5O. The highest BCUT2D eigenvalue weighted by Crippen LogP contribution is 2.25. The number of rotatable bonds is 4. The van der Waals surface area contributed by atoms with E-state index in [0.29, 0.717) is 5.88 Å². The highest BCUT2D eigenvalue weighted by molar-refractivity contribution is 5.78. The molecule has 6 nitrogen and oxygen atoms in total. The smallest absolute Gasteiger partial charge is 0.213 e. The minimum Gasteiger partial charge on any atom is -0.481 e. The Balaban J connectivity index is 1.70. The summed E-state index contributed by atoms with van der Waals surface area (Å²) in [6.45, 7) is 2.08. The molecule has 3 aromatic heterocycles. The quantitative estimate of drug-likeness (QED) is 0.615. The van der Waals surface area contributed by atoms with Crippen molar-refractivity contribution in [2.45, 2.75) is 6.92 Å². The third-order valence-corrected chi connectivity index (χ3v) is 3.92. The van der Waals surface area contributed by atoms with E-state index in [1.807, 2.05) is 30.6 Å². The first-order valence-electron chi connectivity index (χ1n) is 7.91. The number of fused-ring (bicyclic) bond motifs is 1. The maximum absolute atomic E-state index is 5.07. The predicted octanol–water partition coefficient (Wildman–Crippen LogP) is 3.85. The molecule has 0 aliphatic carbocycles. The van der Waals surface area contributed by atoms with Crippen LogP contribution in [0.3, 0.4) is 0 Å². The summed E-state index contributed by atoms with van der Waals surface area (Å²) < 4.78 is 6.85. The number of benzene rings is 1. The van der Waals surface area contributed by atoms with Crippen molar-refractivity contribution in [3.63, 3.8) is 0 Å². The van der Waals surface area contributed by atoms with Crippen LogP contribution in [-0.2, 0) is 0 Å². The summed E-state index contributed by atoms with van der Waals surface area (Å²) in [5.41, 5.74) is 4.95. The van der Waals surface area contributed by atoms with Crippen LogP contribution in [0.2, 0.25) is 0 Å². The molecule has 25 heavy (non-hydrogen) atoms. The molecule has 0 saturated heterocycles. The van der Waals surface area contributed by atoms with Gasteiger partial charge in [0.1, 0.15) is 5.82 Å². The first-order chi connectivity index (χ1) is 12.2. The van der Waals surface area contributed by atoms with Crippen LogP contribution in [0.4, 0.5) is 11.5 Å². The zero-order valence-corrected chi connectivity index (χ0v) is 14.0. The van der Waals surface area contributed by atoms with E-state index in [2.05, 4.69) is 40.5 Å². The Bertz CT molecular complexity index is 1020. The fraction of sp³-hybridized carbons (Fsp3) is 0.105. The van der Waals surface area contributed by atoms with E-state index in [4.69, 9.17) is 9.72 Å². The maximum Gasteiger partial charge on any atom is 0.213 e. The van der Waals surface area contributed by atoms with Crippen LogP contribution in [0.25, 0.3) is 16.8 Å². The molecule has 0 fully saturated rings. The van der Waals surface area contributed by atoms with E-state index in [-0.39, 0.29) is 0 Å². The van der Waals surface area contributed by atoms with Gasteiger partial charge < -0.3 is 10.1 Å². The van der Waals surface area contributed by atoms with Crippen molar-refractivity contribution in [3.8, 4) is 17.0 Å². The molecule has 6 heteroatoms. The van der Waals surface area contributed by atoms with Crippen molar-refractivity contribution in [1.29, 1.82) is 0 Å². The van der Waals surface area contributed by atoms with Gasteiger partial charge in [-0.3, -0.25) is 0 Å². The molecule has 0 saturated carbocycles. The second-order valence-corrected chi connectivity index (χ2v) is 5.72. The minimum absolute atomic E-state index is 0.575. The molecule has 0 aliphatic heterocycles. The number of methoxy groups -OCH3 is 1. The van der Waals surface area contributed by atoms with Gasteiger partial charge in [0.05, 0.1) is 25.2 Å². The van der Waals surface area contributed by atoms with Gasteiger partial charge in [-0.25, -0.2) is 14.5 Å². The molecule has 4 rings (SSSR count). The molecule has 0 amide bonds. The Labute approximate surface area is 145 Å². The molecule has 0 spiro atoms. The molecule has 4 aromatic rings. The Kier molecular flexibility index (Phi) is 3.78. The summed E-state index contributed by atoms with van der Waals surface area (Å²) in [6.07, 6.45) is 5.44. The summed E-state index contributed by atoms with van der Waals surface area (Å²) in [5.74, 6) is 1.31. The van der Waals surface area contributed by atoms with E-state index in [0.717, 1.165) is 28.3 Å². The zero-order valence-electron chi connectivity index (χ0n) is 14.0. The van der Waals surface area contributed by atoms with Crippen molar-refractivity contribution in [1.82, 2.24) is 19.6 Å². The molecule has 0 unspecified atom stereocenters. The molecule has 0 bridgehead atoms. The largest absolute Gasteiger partial charge is 0.481 e. The van der Waals surface area contributed by atoms with Gasteiger partial charge in [-0.1, -0.05) is 29.8 Å². The van der Waals surface area contributed by atoms with Crippen molar-refractivity contribution >= 4 is 17.2 Å². The number of hydrogen-bond donors (Lipinski definition) is 1. The van der Waals surface area contributed by atoms with Gasteiger partial charge in [-0.2, -0.15) is 5.10 Å².